The average molecular weight is 303 g/mol. The van der Waals surface area contributed by atoms with E-state index < -0.39 is 0 Å². The quantitative estimate of drug-likeness (QED) is 0.800. The Kier molecular flexibility index (Phi) is 4.67. The highest BCUT2D eigenvalue weighted by Gasteiger charge is 2.37. The van der Waals surface area contributed by atoms with Gasteiger partial charge in [-0.3, -0.25) is 0 Å². The lowest BCUT2D eigenvalue weighted by Gasteiger charge is -2.46. The first-order valence-electron chi connectivity index (χ1n) is 8.33. The topological polar surface area (TPSA) is 38.8 Å². The molecule has 1 aromatic rings. The Balaban J connectivity index is 1.59. The molecule has 2 heterocycles. The molecule has 2 atom stereocenters. The molecule has 4 nitrogen and oxygen atoms in total. The van der Waals surface area contributed by atoms with Gasteiger partial charge in [0.05, 0.1) is 12.2 Å². The Morgan fingerprint density at radius 1 is 1.18 bits per heavy atom. The van der Waals surface area contributed by atoms with Crippen molar-refractivity contribution in [2.45, 2.75) is 57.2 Å². The van der Waals surface area contributed by atoms with Crippen molar-refractivity contribution >= 4 is 5.97 Å². The molecule has 3 rings (SSSR count). The van der Waals surface area contributed by atoms with E-state index in [9.17, 15) is 4.79 Å². The number of esters is 1. The first-order valence-corrected chi connectivity index (χ1v) is 8.33. The van der Waals surface area contributed by atoms with E-state index in [-0.39, 0.29) is 12.1 Å². The lowest BCUT2D eigenvalue weighted by Crippen LogP contribution is -2.52. The number of hydrogen-bond donors (Lipinski definition) is 0. The predicted octanol–water partition coefficient (Wildman–Crippen LogP) is 3.26. The normalized spacial score (nSPS) is 28.2. The molecule has 2 aliphatic heterocycles. The number of piperidine rings is 2. The minimum absolute atomic E-state index is 0.0607. The van der Waals surface area contributed by atoms with Crippen LogP contribution < -0.4 is 4.74 Å². The Bertz CT molecular complexity index is 500. The number of nitrogens with zero attached hydrogens (tertiary/aromatic N) is 1. The molecule has 0 spiro atoms. The van der Waals surface area contributed by atoms with E-state index in [2.05, 4.69) is 11.9 Å². The van der Waals surface area contributed by atoms with Gasteiger partial charge in [0.15, 0.2) is 0 Å². The molecule has 0 N–H and O–H groups in total. The van der Waals surface area contributed by atoms with Crippen molar-refractivity contribution < 1.29 is 14.3 Å². The molecule has 2 fully saturated rings. The fraction of sp³-hybridized carbons (Fsp3) is 0.611. The van der Waals surface area contributed by atoms with Gasteiger partial charge in [0, 0.05) is 24.9 Å². The minimum atomic E-state index is -0.212. The third-order valence-electron chi connectivity index (χ3n) is 4.97. The highest BCUT2D eigenvalue weighted by molar-refractivity contribution is 5.89. The van der Waals surface area contributed by atoms with Crippen molar-refractivity contribution in [2.24, 2.45) is 0 Å². The van der Waals surface area contributed by atoms with Crippen molar-refractivity contribution in [3.8, 4) is 5.75 Å². The Hall–Kier alpha value is -1.55. The van der Waals surface area contributed by atoms with Crippen LogP contribution in [0.2, 0.25) is 0 Å². The average Bonchev–Trinajstić information content (AvgIpc) is 2.49. The summed E-state index contributed by atoms with van der Waals surface area (Å²) in [4.78, 5) is 14.8. The summed E-state index contributed by atoms with van der Waals surface area (Å²) in [5.74, 6) is 0.573. The van der Waals surface area contributed by atoms with Gasteiger partial charge in [-0.1, -0.05) is 6.42 Å². The van der Waals surface area contributed by atoms with Crippen LogP contribution in [0.4, 0.5) is 0 Å². The monoisotopic (exact) mass is 303 g/mol. The highest BCUT2D eigenvalue weighted by Crippen LogP contribution is 2.34. The maximum absolute atomic E-state index is 12.3. The van der Waals surface area contributed by atoms with E-state index in [0.717, 1.165) is 18.6 Å². The fourth-order valence-electron chi connectivity index (χ4n) is 3.74. The zero-order valence-corrected chi connectivity index (χ0v) is 13.5. The fourth-order valence-corrected chi connectivity index (χ4v) is 3.74. The van der Waals surface area contributed by atoms with E-state index >= 15 is 0 Å². The van der Waals surface area contributed by atoms with Gasteiger partial charge in [0.25, 0.3) is 0 Å². The van der Waals surface area contributed by atoms with Crippen molar-refractivity contribution in [3.63, 3.8) is 0 Å². The van der Waals surface area contributed by atoms with Crippen molar-refractivity contribution in [1.82, 2.24) is 4.90 Å². The maximum atomic E-state index is 12.3. The molecule has 22 heavy (non-hydrogen) atoms. The van der Waals surface area contributed by atoms with Gasteiger partial charge in [-0.05, 0) is 51.1 Å². The minimum Gasteiger partial charge on any atom is -0.494 e. The molecule has 1 aromatic carbocycles. The molecular formula is C18H25NO3. The molecule has 0 amide bonds. The number of hydrogen-bond acceptors (Lipinski definition) is 4. The number of carbonyl (C=O) groups excluding carboxylic acids is 1. The third kappa shape index (κ3) is 3.27. The van der Waals surface area contributed by atoms with Gasteiger partial charge in [0.2, 0.25) is 0 Å². The predicted molar refractivity (Wildman–Crippen MR) is 85.2 cm³/mol. The van der Waals surface area contributed by atoms with Crippen LogP contribution in [-0.4, -0.2) is 42.7 Å². The number of ether oxygens (including phenoxy) is 2. The molecule has 0 aliphatic carbocycles. The first-order chi connectivity index (χ1) is 10.7. The summed E-state index contributed by atoms with van der Waals surface area (Å²) in [6.07, 6.45) is 5.75. The SMILES string of the molecule is CCOc1ccc(C(=O)OC2CC3CCCC(C2)N3C)cc1. The van der Waals surface area contributed by atoms with E-state index in [4.69, 9.17) is 9.47 Å². The second-order valence-electron chi connectivity index (χ2n) is 6.36. The number of benzene rings is 1. The lowest BCUT2D eigenvalue weighted by atomic mass is 9.83. The smallest absolute Gasteiger partial charge is 0.338 e. The molecule has 0 radical (unpaired) electrons. The van der Waals surface area contributed by atoms with E-state index in [1.54, 1.807) is 12.1 Å². The largest absolute Gasteiger partial charge is 0.494 e. The molecular weight excluding hydrogens is 278 g/mol. The summed E-state index contributed by atoms with van der Waals surface area (Å²) in [5, 5.41) is 0. The van der Waals surface area contributed by atoms with E-state index in [1.807, 2.05) is 19.1 Å². The van der Waals surface area contributed by atoms with Gasteiger partial charge in [-0.2, -0.15) is 0 Å². The molecule has 2 bridgehead atoms. The van der Waals surface area contributed by atoms with Crippen molar-refractivity contribution in [1.29, 1.82) is 0 Å². The summed E-state index contributed by atoms with van der Waals surface area (Å²) in [5.41, 5.74) is 0.604. The van der Waals surface area contributed by atoms with Crippen molar-refractivity contribution in [2.75, 3.05) is 13.7 Å². The zero-order chi connectivity index (χ0) is 15.5. The Morgan fingerprint density at radius 2 is 1.82 bits per heavy atom. The number of fused-ring (bicyclic) bond motifs is 2. The lowest BCUT2D eigenvalue weighted by molar-refractivity contribution is -0.0318. The van der Waals surface area contributed by atoms with Gasteiger partial charge in [-0.25, -0.2) is 4.79 Å². The van der Waals surface area contributed by atoms with Crippen LogP contribution in [0.3, 0.4) is 0 Å². The van der Waals surface area contributed by atoms with Gasteiger partial charge >= 0.3 is 5.97 Å². The second kappa shape index (κ2) is 6.69. The summed E-state index contributed by atoms with van der Waals surface area (Å²) in [7, 11) is 2.21. The Morgan fingerprint density at radius 3 is 2.41 bits per heavy atom. The van der Waals surface area contributed by atoms with E-state index in [1.165, 1.54) is 19.3 Å². The molecule has 120 valence electrons. The van der Waals surface area contributed by atoms with Crippen LogP contribution in [0.15, 0.2) is 24.3 Å². The van der Waals surface area contributed by atoms with Crippen molar-refractivity contribution in [3.05, 3.63) is 29.8 Å². The molecule has 2 unspecified atom stereocenters. The van der Waals surface area contributed by atoms with Gasteiger partial charge < -0.3 is 14.4 Å². The van der Waals surface area contributed by atoms with E-state index in [0.29, 0.717) is 24.3 Å². The van der Waals surface area contributed by atoms with Crippen LogP contribution in [0, 0.1) is 0 Å². The number of rotatable bonds is 4. The molecule has 4 heteroatoms. The standard InChI is InChI=1S/C18H25NO3/c1-3-21-16-9-7-13(8-10-16)18(20)22-17-11-14-5-4-6-15(12-17)19(14)2/h7-10,14-15,17H,3-6,11-12H2,1-2H3. The van der Waals surface area contributed by atoms with Gasteiger partial charge in [-0.15, -0.1) is 0 Å². The zero-order valence-electron chi connectivity index (χ0n) is 13.5. The number of carbonyl (C=O) groups is 1. The van der Waals surface area contributed by atoms with Crippen LogP contribution in [0.5, 0.6) is 5.75 Å². The maximum Gasteiger partial charge on any atom is 0.338 e. The van der Waals surface area contributed by atoms with Crippen LogP contribution in [-0.2, 0) is 4.74 Å². The molecule has 0 saturated carbocycles. The second-order valence-corrected chi connectivity index (χ2v) is 6.36. The summed E-state index contributed by atoms with van der Waals surface area (Å²) >= 11 is 0. The summed E-state index contributed by atoms with van der Waals surface area (Å²) in [6, 6.07) is 8.36. The van der Waals surface area contributed by atoms with Crippen LogP contribution in [0.1, 0.15) is 49.4 Å². The Labute approximate surface area is 132 Å². The first kappa shape index (κ1) is 15.3. The summed E-state index contributed by atoms with van der Waals surface area (Å²) in [6.45, 7) is 2.57. The van der Waals surface area contributed by atoms with Crippen LogP contribution >= 0.6 is 0 Å². The third-order valence-corrected chi connectivity index (χ3v) is 4.97. The highest BCUT2D eigenvalue weighted by atomic mass is 16.5. The van der Waals surface area contributed by atoms with Gasteiger partial charge in [0.1, 0.15) is 11.9 Å². The molecule has 0 aromatic heterocycles. The molecule has 2 aliphatic rings. The van der Waals surface area contributed by atoms with Crippen LogP contribution in [0.25, 0.3) is 0 Å². The summed E-state index contributed by atoms with van der Waals surface area (Å²) < 4.78 is 11.2. The molecule has 2 saturated heterocycles.